The Morgan fingerprint density at radius 3 is 1.71 bits per heavy atom. The second kappa shape index (κ2) is 10.4. The molecule has 17 heavy (non-hydrogen) atoms. The number of rotatable bonds is 9. The molecular weight excluding hydrogens is 244 g/mol. The summed E-state index contributed by atoms with van der Waals surface area (Å²) in [5.41, 5.74) is 0. The van der Waals surface area contributed by atoms with Crippen LogP contribution in [-0.2, 0) is 19.1 Å². The van der Waals surface area contributed by atoms with Crippen LogP contribution in [0.3, 0.4) is 0 Å². The second-order valence-corrected chi connectivity index (χ2v) is 4.06. The van der Waals surface area contributed by atoms with Crippen LogP contribution in [0.25, 0.3) is 0 Å². The Kier molecular flexibility index (Phi) is 9.92. The van der Waals surface area contributed by atoms with E-state index in [1.54, 1.807) is 0 Å². The van der Waals surface area contributed by atoms with Crippen LogP contribution < -0.4 is 0 Å². The minimum atomic E-state index is -0.995. The normalized spacial score (nSPS) is 10.4. The summed E-state index contributed by atoms with van der Waals surface area (Å²) >= 11 is 5.58. The number of alkyl halides is 1. The average molecular weight is 265 g/mol. The van der Waals surface area contributed by atoms with Crippen molar-refractivity contribution in [2.24, 2.45) is 5.92 Å². The fourth-order valence-corrected chi connectivity index (χ4v) is 1.31. The van der Waals surface area contributed by atoms with E-state index in [9.17, 15) is 9.59 Å². The highest BCUT2D eigenvalue weighted by atomic mass is 35.5. The Morgan fingerprint density at radius 2 is 1.41 bits per heavy atom. The highest BCUT2D eigenvalue weighted by Gasteiger charge is 2.28. The number of unbranched alkanes of at least 4 members (excludes halogenated alkanes) is 2. The fourth-order valence-electron chi connectivity index (χ4n) is 1.06. The van der Waals surface area contributed by atoms with Crippen LogP contribution in [0.1, 0.15) is 39.5 Å². The zero-order valence-electron chi connectivity index (χ0n) is 10.5. The molecule has 5 heteroatoms. The fraction of sp³-hybridized carbons (Fsp3) is 0.833. The van der Waals surface area contributed by atoms with Crippen molar-refractivity contribution in [3.8, 4) is 0 Å². The first kappa shape index (κ1) is 16.2. The molecule has 0 aromatic carbocycles. The minimum absolute atomic E-state index is 0.101. The summed E-state index contributed by atoms with van der Waals surface area (Å²) in [4.78, 5) is 23.0. The van der Waals surface area contributed by atoms with E-state index in [0.29, 0.717) is 13.2 Å². The summed E-state index contributed by atoms with van der Waals surface area (Å²) in [7, 11) is 0. The number of hydrogen-bond donors (Lipinski definition) is 0. The topological polar surface area (TPSA) is 52.6 Å². The molecule has 4 nitrogen and oxygen atoms in total. The highest BCUT2D eigenvalue weighted by molar-refractivity contribution is 6.21. The van der Waals surface area contributed by atoms with Gasteiger partial charge in [0, 0.05) is 5.88 Å². The van der Waals surface area contributed by atoms with Gasteiger partial charge in [0.05, 0.1) is 13.2 Å². The summed E-state index contributed by atoms with van der Waals surface area (Å²) in [5, 5.41) is 0. The smallest absolute Gasteiger partial charge is 0.321 e. The predicted molar refractivity (Wildman–Crippen MR) is 65.9 cm³/mol. The lowest BCUT2D eigenvalue weighted by Crippen LogP contribution is -2.30. The molecule has 0 unspecified atom stereocenters. The van der Waals surface area contributed by atoms with Crippen molar-refractivity contribution >= 4 is 23.5 Å². The molecular formula is C12H21ClO4. The predicted octanol–water partition coefficient (Wildman–Crippen LogP) is 2.53. The first-order chi connectivity index (χ1) is 8.17. The molecule has 0 fully saturated rings. The van der Waals surface area contributed by atoms with Gasteiger partial charge in [0.1, 0.15) is 0 Å². The molecule has 0 spiro atoms. The third-order valence-electron chi connectivity index (χ3n) is 2.21. The Hall–Kier alpha value is -0.770. The van der Waals surface area contributed by atoms with Crippen molar-refractivity contribution < 1.29 is 19.1 Å². The minimum Gasteiger partial charge on any atom is -0.465 e. The zero-order valence-corrected chi connectivity index (χ0v) is 11.3. The van der Waals surface area contributed by atoms with Gasteiger partial charge >= 0.3 is 11.9 Å². The summed E-state index contributed by atoms with van der Waals surface area (Å²) in [6, 6.07) is 0. The summed E-state index contributed by atoms with van der Waals surface area (Å²) in [6.45, 7) is 4.63. The maximum atomic E-state index is 11.5. The Morgan fingerprint density at radius 1 is 1.00 bits per heavy atom. The van der Waals surface area contributed by atoms with Crippen LogP contribution in [0.5, 0.6) is 0 Å². The molecule has 0 radical (unpaired) electrons. The quantitative estimate of drug-likeness (QED) is 0.278. The summed E-state index contributed by atoms with van der Waals surface area (Å²) in [5.74, 6) is -2.27. The van der Waals surface area contributed by atoms with Crippen LogP contribution in [0, 0.1) is 5.92 Å². The van der Waals surface area contributed by atoms with Crippen molar-refractivity contribution in [3.63, 3.8) is 0 Å². The first-order valence-electron chi connectivity index (χ1n) is 6.06. The van der Waals surface area contributed by atoms with E-state index in [2.05, 4.69) is 0 Å². The molecule has 0 aromatic rings. The highest BCUT2D eigenvalue weighted by Crippen LogP contribution is 2.07. The van der Waals surface area contributed by atoms with Gasteiger partial charge in [-0.3, -0.25) is 9.59 Å². The van der Waals surface area contributed by atoms with Crippen LogP contribution in [0.15, 0.2) is 0 Å². The number of halogens is 1. The first-order valence-corrected chi connectivity index (χ1v) is 6.60. The Bertz CT molecular complexity index is 209. The third kappa shape index (κ3) is 7.21. The van der Waals surface area contributed by atoms with E-state index in [1.165, 1.54) is 0 Å². The largest absolute Gasteiger partial charge is 0.465 e. The van der Waals surface area contributed by atoms with E-state index in [-0.39, 0.29) is 5.88 Å². The second-order valence-electron chi connectivity index (χ2n) is 3.75. The molecule has 100 valence electrons. The lowest BCUT2D eigenvalue weighted by atomic mass is 10.2. The number of carbonyl (C=O) groups is 2. The van der Waals surface area contributed by atoms with Crippen LogP contribution in [-0.4, -0.2) is 31.0 Å². The van der Waals surface area contributed by atoms with Crippen molar-refractivity contribution in [1.82, 2.24) is 0 Å². The molecule has 0 rings (SSSR count). The molecule has 0 aromatic heterocycles. The van der Waals surface area contributed by atoms with E-state index >= 15 is 0 Å². The number of carbonyl (C=O) groups excluding carboxylic acids is 2. The third-order valence-corrected chi connectivity index (χ3v) is 2.52. The van der Waals surface area contributed by atoms with E-state index in [4.69, 9.17) is 21.1 Å². The van der Waals surface area contributed by atoms with Crippen molar-refractivity contribution in [1.29, 1.82) is 0 Å². The van der Waals surface area contributed by atoms with Gasteiger partial charge in [-0.25, -0.2) is 0 Å². The zero-order chi connectivity index (χ0) is 13.1. The molecule has 0 bridgehead atoms. The molecule has 0 saturated heterocycles. The maximum absolute atomic E-state index is 11.5. The Balaban J connectivity index is 4.01. The van der Waals surface area contributed by atoms with Crippen LogP contribution in [0.4, 0.5) is 0 Å². The molecule has 0 N–H and O–H groups in total. The molecule has 0 heterocycles. The van der Waals surface area contributed by atoms with Crippen LogP contribution in [0.2, 0.25) is 0 Å². The molecule has 0 saturated carbocycles. The van der Waals surface area contributed by atoms with Gasteiger partial charge in [0.15, 0.2) is 5.92 Å². The van der Waals surface area contributed by atoms with Gasteiger partial charge in [-0.15, -0.1) is 11.6 Å². The standard InChI is InChI=1S/C12H21ClO4/c1-3-5-7-16-11(14)10(9-13)12(15)17-8-6-4-2/h10H,3-9H2,1-2H3. The summed E-state index contributed by atoms with van der Waals surface area (Å²) < 4.78 is 9.88. The van der Waals surface area contributed by atoms with Gasteiger partial charge in [0.2, 0.25) is 0 Å². The van der Waals surface area contributed by atoms with Crippen molar-refractivity contribution in [3.05, 3.63) is 0 Å². The van der Waals surface area contributed by atoms with Gasteiger partial charge in [0.25, 0.3) is 0 Å². The number of ether oxygens (including phenoxy) is 2. The van der Waals surface area contributed by atoms with Gasteiger partial charge in [-0.05, 0) is 12.8 Å². The van der Waals surface area contributed by atoms with Crippen LogP contribution >= 0.6 is 11.6 Å². The summed E-state index contributed by atoms with van der Waals surface area (Å²) in [6.07, 6.45) is 3.43. The Labute approximate surface area is 108 Å². The number of hydrogen-bond acceptors (Lipinski definition) is 4. The SMILES string of the molecule is CCCCOC(=O)C(CCl)C(=O)OCCCC. The lowest BCUT2D eigenvalue weighted by molar-refractivity contribution is -0.161. The monoisotopic (exact) mass is 264 g/mol. The number of esters is 2. The molecule has 0 aliphatic rings. The van der Waals surface area contributed by atoms with Crippen molar-refractivity contribution in [2.75, 3.05) is 19.1 Å². The van der Waals surface area contributed by atoms with Gasteiger partial charge < -0.3 is 9.47 Å². The van der Waals surface area contributed by atoms with E-state index in [0.717, 1.165) is 25.7 Å². The molecule has 0 aliphatic carbocycles. The van der Waals surface area contributed by atoms with Crippen molar-refractivity contribution in [2.45, 2.75) is 39.5 Å². The maximum Gasteiger partial charge on any atom is 0.321 e. The van der Waals surface area contributed by atoms with Gasteiger partial charge in [-0.1, -0.05) is 26.7 Å². The molecule has 0 amide bonds. The molecule has 0 atom stereocenters. The van der Waals surface area contributed by atoms with E-state index < -0.39 is 17.9 Å². The molecule has 0 aliphatic heterocycles. The lowest BCUT2D eigenvalue weighted by Gasteiger charge is -2.12. The van der Waals surface area contributed by atoms with E-state index in [1.807, 2.05) is 13.8 Å². The van der Waals surface area contributed by atoms with Gasteiger partial charge in [-0.2, -0.15) is 0 Å². The average Bonchev–Trinajstić information content (AvgIpc) is 2.30.